The number of ether oxygens (including phenoxy) is 2. The third kappa shape index (κ3) is 23.4. The maximum Gasteiger partial charge on any atom is 2.00 e. The van der Waals surface area contributed by atoms with Crippen LogP contribution >= 0.6 is 0 Å². The number of amides is 2. The minimum Gasteiger partial charge on any atom is -0.870 e. The standard InChI is InChI=1S/2C28H28F2N4O6.C6H14N2.C6H12N2.CH4.K.3H2O.2Pt/c2*29-28(30)25(38)20(15-35)40-26(28)34-14-12-21(33-27(34)39)32-22(37)7-2-1-3-13-31-18-10-8-16-5-4-6-17-9-11-19(36)24(18)23(16)17;2*7-5-3-1-2-4-6(5)8;;;;;;;/h4-6,8-12,14,20,25-26,35,38H,1-3,7,13,15H2,(H2,31,32,33,36,37,39);4-6,8-12,14,20,25-26,31,35,38H,1-3,7,13,15H2,(H,32,33,37,39);5-6H,1-4,7-8H2;5-8H,1-4H2;1H4;;3*1H2;;/q;;;-2;;+1;;;;;+2/p-1/t2*20-,25+,26-;5-,6-;;;;;;;;/m110......../s1. The molecule has 34 heteroatoms. The van der Waals surface area contributed by atoms with Gasteiger partial charge in [0.1, 0.15) is 23.8 Å². The zero-order valence-electron chi connectivity index (χ0n) is 55.9. The number of nitrogens with two attached hydrogens (primary N) is 2. The number of aromatic nitrogens is 4. The minimum atomic E-state index is -3.82. The summed E-state index contributed by atoms with van der Waals surface area (Å²) < 4.78 is 68.2. The molecule has 4 fully saturated rings. The number of alkyl halides is 4. The van der Waals surface area contributed by atoms with E-state index in [9.17, 15) is 56.5 Å². The minimum absolute atomic E-state index is 0. The number of nitrogens with zero attached hydrogens (tertiary/aromatic N) is 5. The predicted octanol–water partition coefficient (Wildman–Crippen LogP) is 4.94. The van der Waals surface area contributed by atoms with E-state index in [4.69, 9.17) is 42.6 Å². The number of anilines is 3. The number of hydrogen-bond acceptors (Lipinski definition) is 17. The van der Waals surface area contributed by atoms with E-state index in [-0.39, 0.29) is 183 Å². The molecule has 0 spiro atoms. The molecule has 2 amide bonds. The normalized spacial score (nSPS) is 22.6. The van der Waals surface area contributed by atoms with E-state index in [1.54, 1.807) is 12.2 Å². The van der Waals surface area contributed by atoms with Crippen LogP contribution in [0.25, 0.3) is 50.5 Å². The Morgan fingerprint density at radius 2 is 1.09 bits per heavy atom. The molecule has 2 unspecified atom stereocenters. The number of carbonyl (C=O) groups is 3. The molecule has 2 aliphatic heterocycles. The quantitative estimate of drug-likeness (QED) is 0.0212. The summed E-state index contributed by atoms with van der Waals surface area (Å²) in [7, 11) is 0. The molecule has 2 saturated heterocycles. The fourth-order valence-corrected chi connectivity index (χ4v) is 12.2. The zero-order valence-corrected chi connectivity index (χ0v) is 63.6. The first kappa shape index (κ1) is 93.8. The van der Waals surface area contributed by atoms with Crippen molar-refractivity contribution >= 4 is 80.1 Å². The van der Waals surface area contributed by atoms with Crippen molar-refractivity contribution in [2.24, 2.45) is 11.5 Å². The van der Waals surface area contributed by atoms with Crippen LogP contribution in [0.5, 0.6) is 0 Å². The Balaban J connectivity index is 0.000000543. The van der Waals surface area contributed by atoms with Crippen LogP contribution in [0.3, 0.4) is 0 Å². The third-order valence-electron chi connectivity index (χ3n) is 17.7. The molecule has 6 aromatic rings. The number of carbonyl (C=O) groups excluding carboxylic acids is 4. The molecule has 12 rings (SSSR count). The first-order valence-corrected chi connectivity index (χ1v) is 32.4. The molecule has 10 atom stereocenters. The number of ketones is 2. The van der Waals surface area contributed by atoms with Gasteiger partial charge in [-0.2, -0.15) is 39.6 Å². The van der Waals surface area contributed by atoms with Gasteiger partial charge in [-0.1, -0.05) is 126 Å². The van der Waals surface area contributed by atoms with Crippen LogP contribution in [0.1, 0.15) is 150 Å². The first-order valence-electron chi connectivity index (χ1n) is 32.4. The topological polar surface area (TPSA) is 485 Å². The van der Waals surface area contributed by atoms with Crippen LogP contribution in [0, 0.1) is 0 Å². The molecule has 27 nitrogen and oxygen atoms in total. The molecular formula is C69H91F4KN12O15Pt2. The summed E-state index contributed by atoms with van der Waals surface area (Å²) in [5.74, 6) is -8.48. The molecular weight excluding hydrogens is 1740 g/mol. The van der Waals surface area contributed by atoms with Gasteiger partial charge in [0.2, 0.25) is 24.3 Å². The molecule has 19 N–H and O–H groups in total. The molecule has 0 bridgehead atoms. The number of aliphatic hydroxyl groups excluding tert-OH is 4. The van der Waals surface area contributed by atoms with E-state index in [2.05, 4.69) is 31.2 Å². The number of nitrogens with one attached hydrogen (secondary N) is 5. The summed E-state index contributed by atoms with van der Waals surface area (Å²) >= 11 is 0. The van der Waals surface area contributed by atoms with E-state index in [0.717, 1.165) is 94.8 Å². The van der Waals surface area contributed by atoms with Gasteiger partial charge < -0.3 is 90.5 Å². The molecule has 4 heterocycles. The average Bonchev–Trinajstić information content (AvgIpc) is 1.00. The van der Waals surface area contributed by atoms with Crippen molar-refractivity contribution in [1.29, 1.82) is 0 Å². The monoisotopic (exact) mass is 1830 g/mol. The molecule has 566 valence electrons. The van der Waals surface area contributed by atoms with Gasteiger partial charge in [-0.25, -0.2) is 9.59 Å². The van der Waals surface area contributed by atoms with Gasteiger partial charge in [0.25, 0.3) is 0 Å². The van der Waals surface area contributed by atoms with Crippen LogP contribution in [0.4, 0.5) is 40.6 Å². The summed E-state index contributed by atoms with van der Waals surface area (Å²) in [6.07, 6.45) is 10.4. The van der Waals surface area contributed by atoms with Crippen LogP contribution in [0.2, 0.25) is 0 Å². The largest absolute Gasteiger partial charge is 2.00 e. The third-order valence-corrected chi connectivity index (χ3v) is 17.7. The Hall–Kier alpha value is -5.27. The molecule has 4 aromatic carbocycles. The first-order chi connectivity index (χ1) is 46.0. The Bertz CT molecular complexity index is 3690. The van der Waals surface area contributed by atoms with Crippen LogP contribution in [0.15, 0.2) is 107 Å². The van der Waals surface area contributed by atoms with Gasteiger partial charge in [0.15, 0.2) is 18.0 Å². The van der Waals surface area contributed by atoms with Gasteiger partial charge in [-0.05, 0) is 84.4 Å². The van der Waals surface area contributed by atoms with Crippen molar-refractivity contribution in [3.05, 3.63) is 157 Å². The van der Waals surface area contributed by atoms with Crippen molar-refractivity contribution in [3.63, 3.8) is 0 Å². The average molecular weight is 1830 g/mol. The van der Waals surface area contributed by atoms with Crippen molar-refractivity contribution in [2.75, 3.05) is 42.3 Å². The number of rotatable bonds is 20. The molecule has 2 aromatic heterocycles. The number of aliphatic hydroxyl groups is 4. The van der Waals surface area contributed by atoms with Crippen molar-refractivity contribution in [2.45, 2.75) is 183 Å². The fraction of sp³-hybridized carbons (Fsp3) is 0.478. The van der Waals surface area contributed by atoms with Crippen LogP contribution in [-0.4, -0.2) is 171 Å². The zero-order chi connectivity index (χ0) is 68.8. The Kier molecular flexibility index (Phi) is 39.6. The van der Waals surface area contributed by atoms with Gasteiger partial charge in [0.05, 0.1) is 24.3 Å². The van der Waals surface area contributed by atoms with Crippen molar-refractivity contribution in [3.8, 4) is 0 Å². The second-order valence-corrected chi connectivity index (χ2v) is 24.6. The van der Waals surface area contributed by atoms with E-state index < -0.39 is 79.2 Å². The SMILES string of the molecule is C.N[C@H]1CCCC[C@@H]1N.O.O.O=C(CCCCCNc1ccc2cccc3c2c1C(=O)C=C3)Nc1ccn([C@@H]2O[C@H](CO)[C@H](O)C2(F)F)c(=O)n1.O=C(CCCCC[N-]c1ccc2cccc3c2c1C(=[OH+])C=C3)Nc1ccn([C@@H]2O[C@H](CO)[C@H](O)C2(F)F)c(=O)n1.[K+].[NH-]C1CCCCC1[NH-].[OH-].[Pt+2].[Pt]. The Morgan fingerprint density at radius 3 is 1.53 bits per heavy atom. The number of allylic oxidation sites excluding steroid dienone is 2. The fourth-order valence-electron chi connectivity index (χ4n) is 12.2. The molecule has 103 heavy (non-hydrogen) atoms. The summed E-state index contributed by atoms with van der Waals surface area (Å²) in [4.78, 5) is 79.5. The number of unbranched alkanes of at least 4 members (excludes halogenated alkanes) is 4. The number of hydrogen-bond donors (Lipinski definition) is 9. The second kappa shape index (κ2) is 43.5. The summed E-state index contributed by atoms with van der Waals surface area (Å²) in [5, 5.41) is 54.4. The van der Waals surface area contributed by atoms with Gasteiger partial charge in [-0.15, -0.1) is 12.2 Å². The smallest absolute Gasteiger partial charge is 0.870 e. The van der Waals surface area contributed by atoms with Crippen LogP contribution < -0.4 is 90.2 Å². The molecule has 6 aliphatic rings. The maximum atomic E-state index is 14.3. The summed E-state index contributed by atoms with van der Waals surface area (Å²) in [6.45, 7) is -0.567. The Morgan fingerprint density at radius 1 is 0.641 bits per heavy atom. The number of halogens is 4. The van der Waals surface area contributed by atoms with Crippen molar-refractivity contribution in [1.82, 2.24) is 19.1 Å². The van der Waals surface area contributed by atoms with E-state index in [0.29, 0.717) is 59.2 Å². The molecule has 4 aliphatic carbocycles. The maximum absolute atomic E-state index is 14.3. The van der Waals surface area contributed by atoms with Gasteiger partial charge in [0, 0.05) is 87.5 Å². The molecule has 0 radical (unpaired) electrons. The second-order valence-electron chi connectivity index (χ2n) is 24.6. The summed E-state index contributed by atoms with van der Waals surface area (Å²) in [5.41, 5.74) is 28.6. The van der Waals surface area contributed by atoms with Crippen molar-refractivity contribution < 1.29 is 177 Å². The molecule has 2 saturated carbocycles. The van der Waals surface area contributed by atoms with E-state index in [1.165, 1.54) is 37.8 Å². The van der Waals surface area contributed by atoms with Gasteiger partial charge in [-0.3, -0.25) is 28.3 Å². The Labute approximate surface area is 664 Å². The van der Waals surface area contributed by atoms with Gasteiger partial charge >= 0.3 is 101 Å². The predicted molar refractivity (Wildman–Crippen MR) is 373 cm³/mol. The number of benzene rings is 4. The van der Waals surface area contributed by atoms with E-state index >= 15 is 0 Å². The van der Waals surface area contributed by atoms with E-state index in [1.807, 2.05) is 72.8 Å². The van der Waals surface area contributed by atoms with Crippen LogP contribution in [-0.2, 0) is 61.2 Å². The summed E-state index contributed by atoms with van der Waals surface area (Å²) in [6, 6.07) is 22.4.